The minimum Gasteiger partial charge on any atom is -0.282 e. The second-order valence-corrected chi connectivity index (χ2v) is 5.02. The Bertz CT molecular complexity index is 707. The van der Waals surface area contributed by atoms with E-state index in [4.69, 9.17) is 4.55 Å². The Labute approximate surface area is 105 Å². The van der Waals surface area contributed by atoms with Gasteiger partial charge in [-0.15, -0.1) is 0 Å². The van der Waals surface area contributed by atoms with Crippen molar-refractivity contribution in [3.63, 3.8) is 0 Å². The van der Waals surface area contributed by atoms with Crippen LogP contribution in [0.3, 0.4) is 0 Å². The maximum absolute atomic E-state index is 12.7. The van der Waals surface area contributed by atoms with Crippen LogP contribution in [0.2, 0.25) is 0 Å². The molecule has 0 unspecified atom stereocenters. The molecule has 0 bridgehead atoms. The highest BCUT2D eigenvalue weighted by molar-refractivity contribution is 7.86. The van der Waals surface area contributed by atoms with Gasteiger partial charge in [-0.3, -0.25) is 9.26 Å². The average molecular weight is 296 g/mol. The van der Waals surface area contributed by atoms with E-state index in [0.717, 1.165) is 30.3 Å². The van der Waals surface area contributed by atoms with E-state index in [0.29, 0.717) is 0 Å². The SMILES string of the molecule is F.O=S(=O)(O)c1cccc2c(C(F)(F)F)cccc12. The standard InChI is InChI=1S/C11H7F3O3S.FH/c12-11(13,14)9-5-1-4-8-7(9)3-2-6-10(8)18(15,16)17;/h1-6H,(H,15,16,17);1H. The van der Waals surface area contributed by atoms with Gasteiger partial charge < -0.3 is 0 Å². The number of rotatable bonds is 1. The van der Waals surface area contributed by atoms with E-state index >= 15 is 0 Å². The summed E-state index contributed by atoms with van der Waals surface area (Å²) in [6.45, 7) is 0. The van der Waals surface area contributed by atoms with E-state index in [-0.39, 0.29) is 15.5 Å². The zero-order valence-electron chi connectivity index (χ0n) is 9.18. The Balaban J connectivity index is 0.00000180. The van der Waals surface area contributed by atoms with Crippen molar-refractivity contribution >= 4 is 20.9 Å². The van der Waals surface area contributed by atoms with Crippen molar-refractivity contribution in [2.24, 2.45) is 0 Å². The van der Waals surface area contributed by atoms with E-state index in [9.17, 15) is 21.6 Å². The fraction of sp³-hybridized carbons (Fsp3) is 0.0909. The number of hydrogen-bond acceptors (Lipinski definition) is 2. The third-order valence-corrected chi connectivity index (χ3v) is 3.38. The predicted molar refractivity (Wildman–Crippen MR) is 61.3 cm³/mol. The summed E-state index contributed by atoms with van der Waals surface area (Å²) in [4.78, 5) is -0.536. The molecule has 2 aromatic rings. The summed E-state index contributed by atoms with van der Waals surface area (Å²) >= 11 is 0. The van der Waals surface area contributed by atoms with Gasteiger partial charge in [0, 0.05) is 5.39 Å². The summed E-state index contributed by atoms with van der Waals surface area (Å²) in [5.74, 6) is 0. The lowest BCUT2D eigenvalue weighted by atomic mass is 10.0. The fourth-order valence-corrected chi connectivity index (χ4v) is 2.46. The van der Waals surface area contributed by atoms with Crippen LogP contribution in [0.4, 0.5) is 17.9 Å². The molecule has 0 atom stereocenters. The lowest BCUT2D eigenvalue weighted by molar-refractivity contribution is -0.136. The van der Waals surface area contributed by atoms with Gasteiger partial charge in [0.25, 0.3) is 10.1 Å². The number of hydrogen-bond donors (Lipinski definition) is 1. The van der Waals surface area contributed by atoms with Crippen molar-refractivity contribution in [2.75, 3.05) is 0 Å². The molecule has 0 aliphatic heterocycles. The number of alkyl halides is 3. The van der Waals surface area contributed by atoms with E-state index in [1.807, 2.05) is 0 Å². The zero-order chi connectivity index (χ0) is 13.6. The third kappa shape index (κ3) is 2.85. The van der Waals surface area contributed by atoms with Gasteiger partial charge in [0.15, 0.2) is 0 Å². The summed E-state index contributed by atoms with van der Waals surface area (Å²) in [5.41, 5.74) is -0.939. The third-order valence-electron chi connectivity index (χ3n) is 2.47. The minimum atomic E-state index is -4.59. The van der Waals surface area contributed by atoms with Crippen molar-refractivity contribution in [1.82, 2.24) is 0 Å². The van der Waals surface area contributed by atoms with Crippen LogP contribution in [-0.2, 0) is 16.3 Å². The minimum absolute atomic E-state index is 0. The van der Waals surface area contributed by atoms with Gasteiger partial charge in [-0.25, -0.2) is 0 Å². The van der Waals surface area contributed by atoms with Gasteiger partial charge in [-0.05, 0) is 17.5 Å². The topological polar surface area (TPSA) is 54.4 Å². The van der Waals surface area contributed by atoms with Crippen molar-refractivity contribution < 1.29 is 30.8 Å². The molecule has 1 N–H and O–H groups in total. The van der Waals surface area contributed by atoms with Crippen molar-refractivity contribution in [1.29, 1.82) is 0 Å². The molecule has 8 heteroatoms. The van der Waals surface area contributed by atoms with Gasteiger partial charge in [-0.2, -0.15) is 21.6 Å². The van der Waals surface area contributed by atoms with Crippen LogP contribution in [-0.4, -0.2) is 13.0 Å². The Morgan fingerprint density at radius 2 is 1.47 bits per heavy atom. The first-order valence-electron chi connectivity index (χ1n) is 4.78. The van der Waals surface area contributed by atoms with Gasteiger partial charge in [0.1, 0.15) is 4.90 Å². The van der Waals surface area contributed by atoms with Gasteiger partial charge in [0.2, 0.25) is 0 Å². The Morgan fingerprint density at radius 1 is 0.947 bits per heavy atom. The molecule has 0 aliphatic carbocycles. The average Bonchev–Trinajstić information content (AvgIpc) is 2.24. The maximum atomic E-state index is 12.7. The summed E-state index contributed by atoms with van der Waals surface area (Å²) in [7, 11) is -4.56. The van der Waals surface area contributed by atoms with E-state index < -0.39 is 26.8 Å². The molecule has 3 nitrogen and oxygen atoms in total. The molecule has 0 radical (unpaired) electrons. The highest BCUT2D eigenvalue weighted by Crippen LogP contribution is 2.36. The number of benzene rings is 2. The number of halogens is 4. The quantitative estimate of drug-likeness (QED) is 0.649. The largest absolute Gasteiger partial charge is 0.417 e. The molecular formula is C11H8F4O3S. The molecular weight excluding hydrogens is 288 g/mol. The summed E-state index contributed by atoms with van der Waals surface area (Å²) in [6, 6.07) is 6.54. The Hall–Kier alpha value is -1.67. The van der Waals surface area contributed by atoms with Crippen LogP contribution in [0.15, 0.2) is 41.3 Å². The first-order valence-corrected chi connectivity index (χ1v) is 6.22. The van der Waals surface area contributed by atoms with E-state index in [2.05, 4.69) is 0 Å². The zero-order valence-corrected chi connectivity index (χ0v) is 9.99. The van der Waals surface area contributed by atoms with Crippen LogP contribution in [0.25, 0.3) is 10.8 Å². The van der Waals surface area contributed by atoms with Gasteiger partial charge in [-0.1, -0.05) is 24.3 Å². The molecule has 2 aromatic carbocycles. The first-order chi connectivity index (χ1) is 8.21. The molecule has 0 fully saturated rings. The molecule has 19 heavy (non-hydrogen) atoms. The molecule has 0 spiro atoms. The van der Waals surface area contributed by atoms with Crippen LogP contribution in [0.1, 0.15) is 5.56 Å². The van der Waals surface area contributed by atoms with Crippen LogP contribution >= 0.6 is 0 Å². The first kappa shape index (κ1) is 15.4. The Kier molecular flexibility index (Phi) is 3.87. The molecule has 0 saturated heterocycles. The predicted octanol–water partition coefficient (Wildman–Crippen LogP) is 3.26. The molecule has 104 valence electrons. The van der Waals surface area contributed by atoms with Crippen molar-refractivity contribution in [2.45, 2.75) is 11.1 Å². The van der Waals surface area contributed by atoms with E-state index in [1.54, 1.807) is 0 Å². The highest BCUT2D eigenvalue weighted by atomic mass is 32.2. The normalized spacial score (nSPS) is 12.2. The highest BCUT2D eigenvalue weighted by Gasteiger charge is 2.32. The fourth-order valence-electron chi connectivity index (χ4n) is 1.75. The lowest BCUT2D eigenvalue weighted by Crippen LogP contribution is -2.07. The van der Waals surface area contributed by atoms with Gasteiger partial charge in [0.05, 0.1) is 5.56 Å². The molecule has 2 rings (SSSR count). The molecule has 0 heterocycles. The molecule has 0 aromatic heterocycles. The molecule has 0 aliphatic rings. The van der Waals surface area contributed by atoms with E-state index in [1.165, 1.54) is 6.07 Å². The number of fused-ring (bicyclic) bond motifs is 1. The summed E-state index contributed by atoms with van der Waals surface area (Å²) in [6.07, 6.45) is -4.59. The monoisotopic (exact) mass is 296 g/mol. The van der Waals surface area contributed by atoms with Gasteiger partial charge >= 0.3 is 6.18 Å². The maximum Gasteiger partial charge on any atom is 0.417 e. The lowest BCUT2D eigenvalue weighted by Gasteiger charge is -2.11. The van der Waals surface area contributed by atoms with Crippen LogP contribution in [0, 0.1) is 0 Å². The summed E-state index contributed by atoms with van der Waals surface area (Å²) < 4.78 is 69.3. The summed E-state index contributed by atoms with van der Waals surface area (Å²) in [5, 5.41) is -0.421. The second-order valence-electron chi connectivity index (χ2n) is 3.63. The second kappa shape index (κ2) is 4.78. The Morgan fingerprint density at radius 3 is 2.00 bits per heavy atom. The molecule has 0 amide bonds. The van der Waals surface area contributed by atoms with Crippen molar-refractivity contribution in [3.05, 3.63) is 42.0 Å². The van der Waals surface area contributed by atoms with Crippen LogP contribution in [0.5, 0.6) is 0 Å². The van der Waals surface area contributed by atoms with Crippen molar-refractivity contribution in [3.8, 4) is 0 Å². The molecule has 0 saturated carbocycles. The van der Waals surface area contributed by atoms with Crippen LogP contribution < -0.4 is 0 Å². The smallest absolute Gasteiger partial charge is 0.282 e.